The quantitative estimate of drug-likeness (QED) is 0.694. The van der Waals surface area contributed by atoms with E-state index in [1.165, 1.54) is 4.90 Å². The standard InChI is InChI=1S/C12H19NO4/c1-11(17)4-3-7-13(8-11)9(14)12(10(15)16)5-2-6-12/h17H,2-8H2,1H3,(H,15,16). The van der Waals surface area contributed by atoms with Gasteiger partial charge in [0, 0.05) is 13.1 Å². The summed E-state index contributed by atoms with van der Waals surface area (Å²) >= 11 is 0. The summed E-state index contributed by atoms with van der Waals surface area (Å²) in [4.78, 5) is 25.0. The Morgan fingerprint density at radius 1 is 1.18 bits per heavy atom. The molecule has 1 atom stereocenters. The molecule has 1 heterocycles. The van der Waals surface area contributed by atoms with Gasteiger partial charge in [-0.05, 0) is 32.6 Å². The minimum absolute atomic E-state index is 0.251. The van der Waals surface area contributed by atoms with Gasteiger partial charge in [-0.1, -0.05) is 6.42 Å². The van der Waals surface area contributed by atoms with Crippen molar-refractivity contribution in [1.29, 1.82) is 0 Å². The zero-order chi connectivity index (χ0) is 12.7. The SMILES string of the molecule is CC1(O)CCCN(C(=O)C2(C(=O)O)CCC2)C1. The largest absolute Gasteiger partial charge is 0.480 e. The Morgan fingerprint density at radius 2 is 1.82 bits per heavy atom. The first-order valence-electron chi connectivity index (χ1n) is 6.13. The Balaban J connectivity index is 2.12. The van der Waals surface area contributed by atoms with Gasteiger partial charge in [0.05, 0.1) is 5.60 Å². The van der Waals surface area contributed by atoms with Crippen LogP contribution in [0.4, 0.5) is 0 Å². The van der Waals surface area contributed by atoms with E-state index in [0.717, 1.165) is 12.8 Å². The van der Waals surface area contributed by atoms with Gasteiger partial charge in [-0.15, -0.1) is 0 Å². The molecule has 96 valence electrons. The molecule has 5 heteroatoms. The van der Waals surface area contributed by atoms with E-state index in [-0.39, 0.29) is 12.5 Å². The number of hydrogen-bond acceptors (Lipinski definition) is 3. The third kappa shape index (κ3) is 2.04. The maximum atomic E-state index is 12.3. The molecule has 5 nitrogen and oxygen atoms in total. The summed E-state index contributed by atoms with van der Waals surface area (Å²) in [5.74, 6) is -1.32. The van der Waals surface area contributed by atoms with E-state index in [4.69, 9.17) is 0 Å². The van der Waals surface area contributed by atoms with Crippen molar-refractivity contribution in [1.82, 2.24) is 4.90 Å². The average Bonchev–Trinajstić information content (AvgIpc) is 2.13. The molecule has 0 aromatic rings. The Labute approximate surface area is 100 Å². The molecule has 0 bridgehead atoms. The summed E-state index contributed by atoms with van der Waals surface area (Å²) in [6.07, 6.45) is 3.05. The second-order valence-corrected chi connectivity index (χ2v) is 5.57. The maximum absolute atomic E-state index is 12.3. The van der Waals surface area contributed by atoms with Crippen LogP contribution < -0.4 is 0 Å². The second kappa shape index (κ2) is 3.98. The molecule has 0 aromatic carbocycles. The van der Waals surface area contributed by atoms with Crippen molar-refractivity contribution in [2.75, 3.05) is 13.1 Å². The highest BCUT2D eigenvalue weighted by Gasteiger charge is 2.53. The van der Waals surface area contributed by atoms with Crippen molar-refractivity contribution in [2.45, 2.75) is 44.6 Å². The van der Waals surface area contributed by atoms with Crippen LogP contribution >= 0.6 is 0 Å². The molecule has 1 unspecified atom stereocenters. The van der Waals surface area contributed by atoms with Gasteiger partial charge in [-0.25, -0.2) is 0 Å². The second-order valence-electron chi connectivity index (χ2n) is 5.57. The van der Waals surface area contributed by atoms with Crippen LogP contribution in [-0.4, -0.2) is 45.7 Å². The molecule has 2 fully saturated rings. The topological polar surface area (TPSA) is 77.8 Å². The van der Waals surface area contributed by atoms with Crippen molar-refractivity contribution < 1.29 is 19.8 Å². The number of carbonyl (C=O) groups is 2. The Hall–Kier alpha value is -1.10. The van der Waals surface area contributed by atoms with Crippen molar-refractivity contribution in [3.05, 3.63) is 0 Å². The predicted molar refractivity (Wildman–Crippen MR) is 60.4 cm³/mol. The number of carboxylic acids is 1. The number of carboxylic acid groups (broad SMARTS) is 1. The lowest BCUT2D eigenvalue weighted by Gasteiger charge is -2.44. The fourth-order valence-electron chi connectivity index (χ4n) is 2.75. The lowest BCUT2D eigenvalue weighted by atomic mass is 9.67. The Morgan fingerprint density at radius 3 is 2.24 bits per heavy atom. The van der Waals surface area contributed by atoms with Crippen LogP contribution in [0.15, 0.2) is 0 Å². The van der Waals surface area contributed by atoms with Crippen LogP contribution in [-0.2, 0) is 9.59 Å². The van der Waals surface area contributed by atoms with Crippen molar-refractivity contribution in [3.63, 3.8) is 0 Å². The molecule has 1 saturated carbocycles. The number of carbonyl (C=O) groups excluding carboxylic acids is 1. The highest BCUT2D eigenvalue weighted by atomic mass is 16.4. The number of rotatable bonds is 2. The summed E-state index contributed by atoms with van der Waals surface area (Å²) in [7, 11) is 0. The number of aliphatic carboxylic acids is 1. The molecule has 0 radical (unpaired) electrons. The van der Waals surface area contributed by atoms with Crippen LogP contribution in [0.2, 0.25) is 0 Å². The van der Waals surface area contributed by atoms with E-state index in [2.05, 4.69) is 0 Å². The van der Waals surface area contributed by atoms with Crippen molar-refractivity contribution in [2.24, 2.45) is 5.41 Å². The molecule has 2 N–H and O–H groups in total. The molecule has 1 aliphatic heterocycles. The number of amides is 1. The summed E-state index contributed by atoms with van der Waals surface area (Å²) in [5.41, 5.74) is -2.08. The van der Waals surface area contributed by atoms with Crippen LogP contribution in [0.1, 0.15) is 39.0 Å². The molecule has 0 aromatic heterocycles. The number of likely N-dealkylation sites (tertiary alicyclic amines) is 1. The number of β-amino-alcohol motifs (C(OH)–C–C–N with tert-alkyl or cyclic N) is 1. The fraction of sp³-hybridized carbons (Fsp3) is 0.833. The van der Waals surface area contributed by atoms with Gasteiger partial charge >= 0.3 is 5.97 Å². The molecular weight excluding hydrogens is 222 g/mol. The first kappa shape index (κ1) is 12.4. The molecule has 2 aliphatic rings. The van der Waals surface area contributed by atoms with Gasteiger partial charge in [0.15, 0.2) is 0 Å². The van der Waals surface area contributed by atoms with E-state index in [1.54, 1.807) is 6.92 Å². The predicted octanol–water partition coefficient (Wildman–Crippen LogP) is 0.615. The Bertz CT molecular complexity index is 346. The van der Waals surface area contributed by atoms with Gasteiger partial charge in [-0.2, -0.15) is 0 Å². The number of piperidine rings is 1. The van der Waals surface area contributed by atoms with Crippen molar-refractivity contribution in [3.8, 4) is 0 Å². The molecule has 1 amide bonds. The summed E-state index contributed by atoms with van der Waals surface area (Å²) < 4.78 is 0. The minimum Gasteiger partial charge on any atom is -0.480 e. The normalized spacial score (nSPS) is 31.8. The third-order valence-corrected chi connectivity index (χ3v) is 3.99. The van der Waals surface area contributed by atoms with Crippen molar-refractivity contribution >= 4 is 11.9 Å². The molecular formula is C12H19NO4. The molecule has 1 saturated heterocycles. The van der Waals surface area contributed by atoms with Gasteiger partial charge in [-0.3, -0.25) is 9.59 Å². The van der Waals surface area contributed by atoms with E-state index in [0.29, 0.717) is 25.8 Å². The van der Waals surface area contributed by atoms with E-state index >= 15 is 0 Å². The highest BCUT2D eigenvalue weighted by Crippen LogP contribution is 2.43. The van der Waals surface area contributed by atoms with Gasteiger partial charge < -0.3 is 15.1 Å². The highest BCUT2D eigenvalue weighted by molar-refractivity contribution is 6.02. The fourth-order valence-corrected chi connectivity index (χ4v) is 2.75. The first-order valence-corrected chi connectivity index (χ1v) is 6.13. The first-order chi connectivity index (χ1) is 7.87. The van der Waals surface area contributed by atoms with Crippen LogP contribution in [0, 0.1) is 5.41 Å². The number of aliphatic hydroxyl groups is 1. The maximum Gasteiger partial charge on any atom is 0.319 e. The molecule has 1 aliphatic carbocycles. The van der Waals surface area contributed by atoms with E-state index < -0.39 is 17.0 Å². The van der Waals surface area contributed by atoms with E-state index in [9.17, 15) is 19.8 Å². The van der Waals surface area contributed by atoms with E-state index in [1.807, 2.05) is 0 Å². The van der Waals surface area contributed by atoms with Crippen LogP contribution in [0.5, 0.6) is 0 Å². The average molecular weight is 241 g/mol. The number of nitrogens with zero attached hydrogens (tertiary/aromatic N) is 1. The summed E-state index contributed by atoms with van der Waals surface area (Å²) in [6, 6.07) is 0. The van der Waals surface area contributed by atoms with Gasteiger partial charge in [0.2, 0.25) is 5.91 Å². The van der Waals surface area contributed by atoms with Crippen LogP contribution in [0.3, 0.4) is 0 Å². The lowest BCUT2D eigenvalue weighted by molar-refractivity contribution is -0.170. The smallest absolute Gasteiger partial charge is 0.319 e. The monoisotopic (exact) mass is 241 g/mol. The van der Waals surface area contributed by atoms with Gasteiger partial charge in [0.25, 0.3) is 0 Å². The summed E-state index contributed by atoms with van der Waals surface area (Å²) in [6.45, 7) is 2.51. The third-order valence-electron chi connectivity index (χ3n) is 3.99. The van der Waals surface area contributed by atoms with Gasteiger partial charge in [0.1, 0.15) is 5.41 Å². The Kier molecular flexibility index (Phi) is 2.89. The number of hydrogen-bond donors (Lipinski definition) is 2. The zero-order valence-corrected chi connectivity index (χ0v) is 10.1. The van der Waals surface area contributed by atoms with Crippen LogP contribution in [0.25, 0.3) is 0 Å². The summed E-state index contributed by atoms with van der Waals surface area (Å²) in [5, 5.41) is 19.2. The molecule has 17 heavy (non-hydrogen) atoms. The zero-order valence-electron chi connectivity index (χ0n) is 10.1. The molecule has 2 rings (SSSR count). The molecule has 0 spiro atoms. The minimum atomic E-state index is -1.20. The lowest BCUT2D eigenvalue weighted by Crippen LogP contribution is -2.57.